The van der Waals surface area contributed by atoms with Gasteiger partial charge in [-0.2, -0.15) is 15.0 Å². The quantitative estimate of drug-likeness (QED) is 0.786. The molecule has 1 heterocycles. The third-order valence-electron chi connectivity index (χ3n) is 3.81. The zero-order chi connectivity index (χ0) is 18.8. The summed E-state index contributed by atoms with van der Waals surface area (Å²) in [6.45, 7) is 5.52. The highest BCUT2D eigenvalue weighted by Crippen LogP contribution is 2.32. The highest BCUT2D eigenvalue weighted by atomic mass is 19.3. The number of aliphatic hydroxyl groups is 1. The molecule has 1 aliphatic rings. The van der Waals surface area contributed by atoms with Gasteiger partial charge in [0, 0.05) is 18.2 Å². The van der Waals surface area contributed by atoms with E-state index in [1.165, 1.54) is 6.92 Å². The Morgan fingerprint density at radius 2 is 2.00 bits per heavy atom. The molecule has 0 amide bonds. The predicted octanol–water partition coefficient (Wildman–Crippen LogP) is 3.66. The number of nitrogens with zero attached hydrogens (tertiary/aromatic N) is 4. The van der Waals surface area contributed by atoms with Crippen LogP contribution in [0.5, 0.6) is 0 Å². The number of rotatable bonds is 5. The zero-order valence-electron chi connectivity index (χ0n) is 14.6. The van der Waals surface area contributed by atoms with Crippen LogP contribution in [0.1, 0.15) is 52.8 Å². The molecule has 2 N–H and O–H groups in total. The van der Waals surface area contributed by atoms with E-state index < -0.39 is 23.9 Å². The van der Waals surface area contributed by atoms with Crippen molar-refractivity contribution >= 4 is 23.2 Å². The summed E-state index contributed by atoms with van der Waals surface area (Å²) in [6, 6.07) is -1.24. The predicted molar refractivity (Wildman–Crippen MR) is 89.9 cm³/mol. The number of aromatic nitrogens is 3. The maximum Gasteiger partial charge on any atom is 0.264 e. The molecule has 1 aromatic rings. The summed E-state index contributed by atoms with van der Waals surface area (Å²) in [4.78, 5) is 16.3. The van der Waals surface area contributed by atoms with Crippen molar-refractivity contribution in [3.8, 4) is 0 Å². The molecule has 2 atom stereocenters. The Labute approximate surface area is 144 Å². The SMILES string of the molecule is CC(C)=Nc1nc(NC(C)C(C)(F)F)nc(C2=C(F)C(O)CCC2)n1. The minimum atomic E-state index is -3.00. The van der Waals surface area contributed by atoms with Gasteiger partial charge in [-0.25, -0.2) is 18.2 Å². The van der Waals surface area contributed by atoms with Crippen molar-refractivity contribution < 1.29 is 18.3 Å². The number of alkyl halides is 2. The van der Waals surface area contributed by atoms with Crippen LogP contribution in [0.15, 0.2) is 10.8 Å². The Morgan fingerprint density at radius 1 is 1.32 bits per heavy atom. The van der Waals surface area contributed by atoms with Crippen LogP contribution in [0.3, 0.4) is 0 Å². The lowest BCUT2D eigenvalue weighted by Gasteiger charge is -2.22. The molecule has 9 heteroatoms. The van der Waals surface area contributed by atoms with Gasteiger partial charge in [-0.1, -0.05) is 0 Å². The second kappa shape index (κ2) is 7.47. The number of aliphatic hydroxyl groups excluding tert-OH is 1. The Hall–Kier alpha value is -2.03. The molecule has 1 aliphatic carbocycles. The molecule has 0 aliphatic heterocycles. The highest BCUT2D eigenvalue weighted by molar-refractivity contribution is 5.81. The van der Waals surface area contributed by atoms with Gasteiger partial charge in [0.15, 0.2) is 5.82 Å². The molecule has 0 fully saturated rings. The van der Waals surface area contributed by atoms with Crippen LogP contribution in [-0.2, 0) is 0 Å². The van der Waals surface area contributed by atoms with Gasteiger partial charge >= 0.3 is 0 Å². The first-order chi connectivity index (χ1) is 11.6. The number of nitrogens with one attached hydrogen (secondary N) is 1. The first-order valence-electron chi connectivity index (χ1n) is 8.07. The standard InChI is InChI=1S/C16H22F3N5O/c1-8(2)20-14-22-13(10-6-5-7-11(25)12(10)17)23-15(24-14)21-9(3)16(4,18)19/h9,11,25H,5-7H2,1-4H3,(H,21,22,23,24). The lowest BCUT2D eigenvalue weighted by molar-refractivity contribution is 0.00675. The van der Waals surface area contributed by atoms with Crippen molar-refractivity contribution in [2.24, 2.45) is 4.99 Å². The van der Waals surface area contributed by atoms with Crippen LogP contribution in [-0.4, -0.2) is 43.8 Å². The second-order valence-electron chi connectivity index (χ2n) is 6.40. The van der Waals surface area contributed by atoms with E-state index in [4.69, 9.17) is 0 Å². The first kappa shape index (κ1) is 19.3. The third-order valence-corrected chi connectivity index (χ3v) is 3.81. The molecule has 0 aromatic carbocycles. The Bertz CT molecular complexity index is 696. The summed E-state index contributed by atoms with van der Waals surface area (Å²) < 4.78 is 41.1. The molecule has 6 nitrogen and oxygen atoms in total. The molecule has 2 unspecified atom stereocenters. The van der Waals surface area contributed by atoms with E-state index in [9.17, 15) is 18.3 Å². The summed E-state index contributed by atoms with van der Waals surface area (Å²) in [5, 5.41) is 12.2. The van der Waals surface area contributed by atoms with Gasteiger partial charge in [-0.15, -0.1) is 0 Å². The summed E-state index contributed by atoms with van der Waals surface area (Å²) in [5.41, 5.74) is 0.806. The minimum Gasteiger partial charge on any atom is -0.386 e. The van der Waals surface area contributed by atoms with Gasteiger partial charge in [0.05, 0.1) is 6.04 Å². The smallest absolute Gasteiger partial charge is 0.264 e. The van der Waals surface area contributed by atoms with Crippen molar-refractivity contribution in [2.75, 3.05) is 5.32 Å². The fraction of sp³-hybridized carbons (Fsp3) is 0.625. The summed E-state index contributed by atoms with van der Waals surface area (Å²) in [6.07, 6.45) is 0.0486. The van der Waals surface area contributed by atoms with Crippen molar-refractivity contribution in [3.63, 3.8) is 0 Å². The van der Waals surface area contributed by atoms with E-state index in [-0.39, 0.29) is 23.3 Å². The zero-order valence-corrected chi connectivity index (χ0v) is 14.6. The Kier molecular flexibility index (Phi) is 5.76. The van der Waals surface area contributed by atoms with Crippen LogP contribution in [0.4, 0.5) is 25.1 Å². The van der Waals surface area contributed by atoms with Crippen LogP contribution in [0.2, 0.25) is 0 Å². The van der Waals surface area contributed by atoms with Crippen molar-refractivity contribution in [1.82, 2.24) is 15.0 Å². The van der Waals surface area contributed by atoms with Gasteiger partial charge in [-0.3, -0.25) is 0 Å². The average molecular weight is 357 g/mol. The lowest BCUT2D eigenvalue weighted by Crippen LogP contribution is -2.35. The van der Waals surface area contributed by atoms with Crippen LogP contribution in [0, 0.1) is 0 Å². The normalized spacial score (nSPS) is 19.6. The molecule has 25 heavy (non-hydrogen) atoms. The monoisotopic (exact) mass is 357 g/mol. The van der Waals surface area contributed by atoms with Gasteiger partial charge < -0.3 is 10.4 Å². The Balaban J connectivity index is 2.48. The molecule has 2 rings (SSSR count). The topological polar surface area (TPSA) is 83.3 Å². The third kappa shape index (κ3) is 4.97. The van der Waals surface area contributed by atoms with E-state index in [0.29, 0.717) is 25.0 Å². The largest absolute Gasteiger partial charge is 0.386 e. The number of hydrogen-bond donors (Lipinski definition) is 2. The maximum absolute atomic E-state index is 14.3. The van der Waals surface area contributed by atoms with Gasteiger partial charge in [0.2, 0.25) is 5.95 Å². The molecule has 0 spiro atoms. The van der Waals surface area contributed by atoms with Gasteiger partial charge in [-0.05, 0) is 40.0 Å². The second-order valence-corrected chi connectivity index (χ2v) is 6.40. The molecule has 0 saturated heterocycles. The number of aliphatic imine (C=N–C) groups is 1. The summed E-state index contributed by atoms with van der Waals surface area (Å²) in [5.74, 6) is -3.80. The lowest BCUT2D eigenvalue weighted by atomic mass is 9.96. The van der Waals surface area contributed by atoms with Crippen LogP contribution in [0.25, 0.3) is 5.57 Å². The van der Waals surface area contributed by atoms with Crippen LogP contribution < -0.4 is 5.32 Å². The summed E-state index contributed by atoms with van der Waals surface area (Å²) >= 11 is 0. The van der Waals surface area contributed by atoms with Gasteiger partial charge in [0.1, 0.15) is 11.9 Å². The van der Waals surface area contributed by atoms with E-state index in [1.54, 1.807) is 13.8 Å². The van der Waals surface area contributed by atoms with Crippen molar-refractivity contribution in [2.45, 2.75) is 65.0 Å². The molecule has 1 aromatic heterocycles. The highest BCUT2D eigenvalue weighted by Gasteiger charge is 2.31. The average Bonchev–Trinajstić information content (AvgIpc) is 2.48. The van der Waals surface area contributed by atoms with Crippen molar-refractivity contribution in [1.29, 1.82) is 0 Å². The number of anilines is 1. The fourth-order valence-electron chi connectivity index (χ4n) is 2.27. The number of halogens is 3. The van der Waals surface area contributed by atoms with Crippen molar-refractivity contribution in [3.05, 3.63) is 11.7 Å². The fourth-order valence-corrected chi connectivity index (χ4v) is 2.27. The minimum absolute atomic E-state index is 0.000342. The molecule has 0 saturated carbocycles. The molecular weight excluding hydrogens is 335 g/mol. The van der Waals surface area contributed by atoms with E-state index in [1.807, 2.05) is 0 Å². The molecule has 138 valence electrons. The Morgan fingerprint density at radius 3 is 2.60 bits per heavy atom. The van der Waals surface area contributed by atoms with Crippen LogP contribution >= 0.6 is 0 Å². The van der Waals surface area contributed by atoms with E-state index in [0.717, 1.165) is 6.92 Å². The first-order valence-corrected chi connectivity index (χ1v) is 8.07. The van der Waals surface area contributed by atoms with Gasteiger partial charge in [0.25, 0.3) is 11.9 Å². The molecular formula is C16H22F3N5O. The number of allylic oxidation sites excluding steroid dienone is 1. The van der Waals surface area contributed by atoms with E-state index >= 15 is 0 Å². The maximum atomic E-state index is 14.3. The molecule has 0 bridgehead atoms. The van der Waals surface area contributed by atoms with E-state index in [2.05, 4.69) is 25.3 Å². The number of hydrogen-bond acceptors (Lipinski definition) is 6. The summed E-state index contributed by atoms with van der Waals surface area (Å²) in [7, 11) is 0. The molecule has 0 radical (unpaired) electrons.